The minimum Gasteiger partial charge on any atom is -0.444 e. The summed E-state index contributed by atoms with van der Waals surface area (Å²) >= 11 is 0. The van der Waals surface area contributed by atoms with Crippen molar-refractivity contribution in [3.05, 3.63) is 34.9 Å². The van der Waals surface area contributed by atoms with Crippen molar-refractivity contribution in [2.75, 3.05) is 32.8 Å². The van der Waals surface area contributed by atoms with E-state index >= 15 is 0 Å². The van der Waals surface area contributed by atoms with Crippen molar-refractivity contribution in [2.45, 2.75) is 39.3 Å². The highest BCUT2D eigenvalue weighted by atomic mass is 16.6. The molecule has 1 aromatic carbocycles. The fourth-order valence-corrected chi connectivity index (χ4v) is 3.10. The third-order valence-electron chi connectivity index (χ3n) is 4.57. The van der Waals surface area contributed by atoms with Crippen LogP contribution in [-0.2, 0) is 4.74 Å². The fraction of sp³-hybridized carbons (Fsp3) is 0.550. The van der Waals surface area contributed by atoms with Crippen LogP contribution in [0.2, 0.25) is 0 Å². The Balaban J connectivity index is 2.05. The lowest BCUT2D eigenvalue weighted by atomic mass is 9.99. The van der Waals surface area contributed by atoms with Gasteiger partial charge in [0.15, 0.2) is 5.78 Å². The van der Waals surface area contributed by atoms with Gasteiger partial charge in [-0.3, -0.25) is 9.69 Å². The van der Waals surface area contributed by atoms with Crippen molar-refractivity contribution >= 4 is 11.9 Å². The van der Waals surface area contributed by atoms with E-state index < -0.39 is 11.7 Å². The van der Waals surface area contributed by atoms with Crippen LogP contribution in [0, 0.1) is 18.3 Å². The van der Waals surface area contributed by atoms with E-state index in [2.05, 4.69) is 6.07 Å². The molecule has 1 N–H and O–H groups in total. The zero-order chi connectivity index (χ0) is 20.2. The second-order valence-corrected chi connectivity index (χ2v) is 7.75. The van der Waals surface area contributed by atoms with Crippen LogP contribution in [0.15, 0.2) is 18.2 Å². The van der Waals surface area contributed by atoms with E-state index in [1.165, 1.54) is 0 Å². The fourth-order valence-electron chi connectivity index (χ4n) is 3.10. The van der Waals surface area contributed by atoms with Gasteiger partial charge in [0.25, 0.3) is 0 Å². The number of hydrogen-bond acceptors (Lipinski definition) is 6. The van der Waals surface area contributed by atoms with E-state index in [1.54, 1.807) is 50.8 Å². The molecular weight excluding hydrogens is 346 g/mol. The van der Waals surface area contributed by atoms with Crippen molar-refractivity contribution in [3.63, 3.8) is 0 Å². The van der Waals surface area contributed by atoms with Gasteiger partial charge in [-0.05, 0) is 39.3 Å². The number of nitriles is 1. The van der Waals surface area contributed by atoms with E-state index in [1.807, 2.05) is 4.90 Å². The number of piperazine rings is 1. The molecule has 0 spiro atoms. The largest absolute Gasteiger partial charge is 0.444 e. The van der Waals surface area contributed by atoms with Crippen molar-refractivity contribution in [1.29, 1.82) is 5.26 Å². The van der Waals surface area contributed by atoms with Gasteiger partial charge in [-0.1, -0.05) is 12.1 Å². The molecule has 1 aliphatic heterocycles. The second kappa shape index (κ2) is 8.51. The zero-order valence-electron chi connectivity index (χ0n) is 16.4. The normalized spacial score (nSPS) is 18.1. The van der Waals surface area contributed by atoms with Crippen LogP contribution in [0.3, 0.4) is 0 Å². The number of benzene rings is 1. The van der Waals surface area contributed by atoms with Crippen LogP contribution in [0.4, 0.5) is 4.79 Å². The highest BCUT2D eigenvalue weighted by Gasteiger charge is 2.32. The Kier molecular flexibility index (Phi) is 6.58. The Morgan fingerprint density at radius 1 is 1.33 bits per heavy atom. The summed E-state index contributed by atoms with van der Waals surface area (Å²) in [5.41, 5.74) is 1.08. The second-order valence-electron chi connectivity index (χ2n) is 7.75. The van der Waals surface area contributed by atoms with Gasteiger partial charge >= 0.3 is 6.09 Å². The van der Waals surface area contributed by atoms with Crippen LogP contribution >= 0.6 is 0 Å². The summed E-state index contributed by atoms with van der Waals surface area (Å²) in [6.07, 6.45) is -0.413. The zero-order valence-corrected chi connectivity index (χ0v) is 16.4. The maximum atomic E-state index is 12.7. The molecule has 1 aliphatic rings. The number of aliphatic hydroxyl groups excluding tert-OH is 1. The number of ether oxygens (including phenoxy) is 1. The molecule has 2 rings (SSSR count). The molecule has 7 nitrogen and oxygen atoms in total. The number of amides is 1. The van der Waals surface area contributed by atoms with Crippen LogP contribution in [0.25, 0.3) is 0 Å². The van der Waals surface area contributed by atoms with Gasteiger partial charge in [-0.2, -0.15) is 5.26 Å². The Labute approximate surface area is 160 Å². The number of aliphatic hydroxyl groups is 1. The SMILES string of the molecule is Cc1c(C#N)cccc1C(=O)CN1CCN(C(=O)OC(C)(C)C)C[C@@H]1CO. The molecule has 1 fully saturated rings. The smallest absolute Gasteiger partial charge is 0.410 e. The van der Waals surface area contributed by atoms with Gasteiger partial charge in [-0.25, -0.2) is 4.79 Å². The Morgan fingerprint density at radius 3 is 2.63 bits per heavy atom. The van der Waals surface area contributed by atoms with Crippen molar-refractivity contribution < 1.29 is 19.4 Å². The van der Waals surface area contributed by atoms with Crippen molar-refractivity contribution in [2.24, 2.45) is 0 Å². The molecule has 0 bridgehead atoms. The molecule has 1 atom stereocenters. The first-order valence-corrected chi connectivity index (χ1v) is 9.02. The molecule has 7 heteroatoms. The summed E-state index contributed by atoms with van der Waals surface area (Å²) in [6.45, 7) is 8.34. The van der Waals surface area contributed by atoms with Gasteiger partial charge in [0.05, 0.1) is 30.8 Å². The number of hydrogen-bond donors (Lipinski definition) is 1. The lowest BCUT2D eigenvalue weighted by molar-refractivity contribution is -0.00293. The average molecular weight is 373 g/mol. The molecule has 0 radical (unpaired) electrons. The molecular formula is C20H27N3O4. The maximum absolute atomic E-state index is 12.7. The number of carbonyl (C=O) groups is 2. The molecule has 0 aliphatic carbocycles. The van der Waals surface area contributed by atoms with Crippen LogP contribution in [0.5, 0.6) is 0 Å². The van der Waals surface area contributed by atoms with Crippen molar-refractivity contribution in [3.8, 4) is 6.07 Å². The first-order chi connectivity index (χ1) is 12.7. The molecule has 1 aromatic rings. The predicted molar refractivity (Wildman–Crippen MR) is 100 cm³/mol. The topological polar surface area (TPSA) is 93.9 Å². The molecule has 27 heavy (non-hydrogen) atoms. The molecule has 0 aromatic heterocycles. The molecule has 1 saturated heterocycles. The first kappa shape index (κ1) is 20.9. The first-order valence-electron chi connectivity index (χ1n) is 9.02. The van der Waals surface area contributed by atoms with E-state index in [-0.39, 0.29) is 25.0 Å². The average Bonchev–Trinajstić information content (AvgIpc) is 2.60. The Morgan fingerprint density at radius 2 is 2.04 bits per heavy atom. The minimum absolute atomic E-state index is 0.103. The highest BCUT2D eigenvalue weighted by molar-refractivity contribution is 5.99. The lowest BCUT2D eigenvalue weighted by Crippen LogP contribution is -2.57. The summed E-state index contributed by atoms with van der Waals surface area (Å²) in [6, 6.07) is 6.84. The summed E-state index contributed by atoms with van der Waals surface area (Å²) in [4.78, 5) is 28.4. The highest BCUT2D eigenvalue weighted by Crippen LogP contribution is 2.18. The summed E-state index contributed by atoms with van der Waals surface area (Å²) in [7, 11) is 0. The third kappa shape index (κ3) is 5.28. The molecule has 1 amide bonds. The quantitative estimate of drug-likeness (QED) is 0.811. The van der Waals surface area contributed by atoms with Gasteiger partial charge < -0.3 is 14.7 Å². The van der Waals surface area contributed by atoms with E-state index in [9.17, 15) is 14.7 Å². The monoisotopic (exact) mass is 373 g/mol. The standard InChI is InChI=1S/C20H27N3O4/c1-14-15(10-21)6-5-7-17(14)18(25)12-22-8-9-23(11-16(22)13-24)19(26)27-20(2,3)4/h5-7,16,24H,8-9,11-13H2,1-4H3/t16-/m1/s1. The number of nitrogens with zero attached hydrogens (tertiary/aromatic N) is 3. The van der Waals surface area contributed by atoms with Gasteiger partial charge in [0.1, 0.15) is 5.60 Å². The number of ketones is 1. The van der Waals surface area contributed by atoms with E-state index in [4.69, 9.17) is 10.00 Å². The summed E-state index contributed by atoms with van der Waals surface area (Å²) in [5, 5.41) is 18.9. The van der Waals surface area contributed by atoms with E-state index in [0.717, 1.165) is 0 Å². The van der Waals surface area contributed by atoms with Crippen LogP contribution in [-0.4, -0.2) is 71.2 Å². The van der Waals surface area contributed by atoms with Gasteiger partial charge in [-0.15, -0.1) is 0 Å². The molecule has 146 valence electrons. The summed E-state index contributed by atoms with van der Waals surface area (Å²) < 4.78 is 5.39. The number of rotatable bonds is 4. The minimum atomic E-state index is -0.581. The number of carbonyl (C=O) groups excluding carboxylic acids is 2. The van der Waals surface area contributed by atoms with Gasteiger partial charge in [0.2, 0.25) is 0 Å². The van der Waals surface area contributed by atoms with Crippen LogP contribution in [0.1, 0.15) is 42.3 Å². The predicted octanol–water partition coefficient (Wildman–Crippen LogP) is 1.96. The molecule has 1 heterocycles. The molecule has 0 saturated carbocycles. The third-order valence-corrected chi connectivity index (χ3v) is 4.57. The Bertz CT molecular complexity index is 749. The number of Topliss-reactive ketones (excluding diaryl/α,β-unsaturated/α-hetero) is 1. The van der Waals surface area contributed by atoms with E-state index in [0.29, 0.717) is 36.3 Å². The van der Waals surface area contributed by atoms with Crippen LogP contribution < -0.4 is 0 Å². The lowest BCUT2D eigenvalue weighted by Gasteiger charge is -2.40. The van der Waals surface area contributed by atoms with Crippen molar-refractivity contribution in [1.82, 2.24) is 9.80 Å². The maximum Gasteiger partial charge on any atom is 0.410 e. The van der Waals surface area contributed by atoms with Gasteiger partial charge in [0, 0.05) is 25.2 Å². The Hall–Kier alpha value is -2.43. The summed E-state index contributed by atoms with van der Waals surface area (Å²) in [5.74, 6) is -0.103. The molecule has 0 unspecified atom stereocenters.